The molecule has 7 heteroatoms. The van der Waals surface area contributed by atoms with E-state index < -0.39 is 0 Å². The third kappa shape index (κ3) is 3.49. The summed E-state index contributed by atoms with van der Waals surface area (Å²) in [6.45, 7) is 6.05. The Morgan fingerprint density at radius 2 is 1.81 bits per heavy atom. The molecule has 4 rings (SSSR count). The van der Waals surface area contributed by atoms with Gasteiger partial charge in [-0.25, -0.2) is 4.98 Å². The van der Waals surface area contributed by atoms with Gasteiger partial charge >= 0.3 is 0 Å². The smallest absolute Gasteiger partial charge is 0.290 e. The van der Waals surface area contributed by atoms with Crippen LogP contribution < -0.4 is 0 Å². The molecule has 7 nitrogen and oxygen atoms in total. The van der Waals surface area contributed by atoms with Gasteiger partial charge in [-0.1, -0.05) is 6.92 Å². The molecule has 2 amide bonds. The Kier molecular flexibility index (Phi) is 5.48. The van der Waals surface area contributed by atoms with E-state index in [4.69, 9.17) is 4.74 Å². The second-order valence-corrected chi connectivity index (χ2v) is 7.80. The molecule has 1 aromatic heterocycles. The minimum absolute atomic E-state index is 0.00530. The molecule has 0 bridgehead atoms. The number of amides is 2. The van der Waals surface area contributed by atoms with E-state index in [9.17, 15) is 9.59 Å². The molecule has 3 aliphatic heterocycles. The predicted octanol–water partition coefficient (Wildman–Crippen LogP) is 2.10. The van der Waals surface area contributed by atoms with Crippen LogP contribution in [-0.2, 0) is 17.7 Å². The molecule has 1 unspecified atom stereocenters. The van der Waals surface area contributed by atoms with Crippen LogP contribution in [-0.4, -0.2) is 70.1 Å². The minimum Gasteiger partial charge on any atom is -0.378 e. The van der Waals surface area contributed by atoms with Gasteiger partial charge in [0.2, 0.25) is 0 Å². The first-order chi connectivity index (χ1) is 13.2. The molecule has 2 fully saturated rings. The topological polar surface area (TPSA) is 67.7 Å². The summed E-state index contributed by atoms with van der Waals surface area (Å²) in [5.74, 6) is 0.432. The number of aromatic nitrogens is 2. The highest BCUT2D eigenvalue weighted by molar-refractivity contribution is 5.97. The van der Waals surface area contributed by atoms with E-state index in [-0.39, 0.29) is 11.8 Å². The van der Waals surface area contributed by atoms with Crippen LogP contribution in [0.3, 0.4) is 0 Å². The normalized spacial score (nSPS) is 23.2. The van der Waals surface area contributed by atoms with E-state index in [0.29, 0.717) is 43.9 Å². The zero-order chi connectivity index (χ0) is 18.8. The number of rotatable bonds is 3. The van der Waals surface area contributed by atoms with Crippen LogP contribution >= 0.6 is 0 Å². The van der Waals surface area contributed by atoms with E-state index in [0.717, 1.165) is 57.3 Å². The average Bonchev–Trinajstić information content (AvgIpc) is 3.13. The number of carbonyl (C=O) groups is 2. The highest BCUT2D eigenvalue weighted by Gasteiger charge is 2.34. The fourth-order valence-corrected chi connectivity index (χ4v) is 4.61. The second-order valence-electron chi connectivity index (χ2n) is 7.80. The van der Waals surface area contributed by atoms with Gasteiger partial charge in [0.15, 0.2) is 5.82 Å². The standard InChI is InChI=1S/C20H30N4O3/c1-2-15-7-3-5-9-23(15)20(26)18-21-17(16-8-4-6-10-24(16)18)19(25)22-11-13-27-14-12-22/h15H,2-14H2,1H3. The summed E-state index contributed by atoms with van der Waals surface area (Å²) < 4.78 is 7.39. The largest absolute Gasteiger partial charge is 0.378 e. The Morgan fingerprint density at radius 3 is 2.59 bits per heavy atom. The van der Waals surface area contributed by atoms with Gasteiger partial charge in [-0.3, -0.25) is 9.59 Å². The summed E-state index contributed by atoms with van der Waals surface area (Å²) in [7, 11) is 0. The number of carbonyl (C=O) groups excluding carboxylic acids is 2. The molecule has 2 saturated heterocycles. The fraction of sp³-hybridized carbons (Fsp3) is 0.750. The number of hydrogen-bond donors (Lipinski definition) is 0. The number of nitrogens with zero attached hydrogens (tertiary/aromatic N) is 4. The van der Waals surface area contributed by atoms with E-state index >= 15 is 0 Å². The number of piperidine rings is 1. The maximum atomic E-state index is 13.4. The van der Waals surface area contributed by atoms with Crippen molar-refractivity contribution in [1.82, 2.24) is 19.4 Å². The lowest BCUT2D eigenvalue weighted by Gasteiger charge is -2.35. The van der Waals surface area contributed by atoms with E-state index in [1.54, 1.807) is 0 Å². The Bertz CT molecular complexity index is 708. The molecule has 148 valence electrons. The lowest BCUT2D eigenvalue weighted by Crippen LogP contribution is -2.44. The highest BCUT2D eigenvalue weighted by atomic mass is 16.5. The fourth-order valence-electron chi connectivity index (χ4n) is 4.61. The highest BCUT2D eigenvalue weighted by Crippen LogP contribution is 2.26. The van der Waals surface area contributed by atoms with Crippen molar-refractivity contribution in [3.63, 3.8) is 0 Å². The molecule has 0 spiro atoms. The first kappa shape index (κ1) is 18.5. The Labute approximate surface area is 160 Å². The molecule has 27 heavy (non-hydrogen) atoms. The summed E-state index contributed by atoms with van der Waals surface area (Å²) in [6, 6.07) is 0.293. The van der Waals surface area contributed by atoms with Gasteiger partial charge in [-0.15, -0.1) is 0 Å². The monoisotopic (exact) mass is 374 g/mol. The third-order valence-corrected chi connectivity index (χ3v) is 6.17. The van der Waals surface area contributed by atoms with Gasteiger partial charge in [0, 0.05) is 32.2 Å². The molecule has 0 saturated carbocycles. The first-order valence-corrected chi connectivity index (χ1v) is 10.5. The van der Waals surface area contributed by atoms with Crippen molar-refractivity contribution in [2.75, 3.05) is 32.8 Å². The van der Waals surface area contributed by atoms with Gasteiger partial charge in [0.05, 0.1) is 18.9 Å². The van der Waals surface area contributed by atoms with Crippen molar-refractivity contribution in [2.45, 2.75) is 64.5 Å². The van der Waals surface area contributed by atoms with Crippen LogP contribution in [0.25, 0.3) is 0 Å². The summed E-state index contributed by atoms with van der Waals surface area (Å²) >= 11 is 0. The van der Waals surface area contributed by atoms with Gasteiger partial charge < -0.3 is 19.1 Å². The van der Waals surface area contributed by atoms with E-state index in [2.05, 4.69) is 11.9 Å². The Hall–Kier alpha value is -1.89. The van der Waals surface area contributed by atoms with Crippen LogP contribution in [0.15, 0.2) is 0 Å². The van der Waals surface area contributed by atoms with Crippen LogP contribution in [0.2, 0.25) is 0 Å². The lowest BCUT2D eigenvalue weighted by atomic mass is 10.00. The van der Waals surface area contributed by atoms with E-state index in [1.165, 1.54) is 6.42 Å². The summed E-state index contributed by atoms with van der Waals surface area (Å²) in [5, 5.41) is 0. The van der Waals surface area contributed by atoms with Gasteiger partial charge in [0.25, 0.3) is 11.8 Å². The zero-order valence-electron chi connectivity index (χ0n) is 16.3. The number of hydrogen-bond acceptors (Lipinski definition) is 4. The summed E-state index contributed by atoms with van der Waals surface area (Å²) in [6.07, 6.45) is 7.17. The summed E-state index contributed by atoms with van der Waals surface area (Å²) in [4.78, 5) is 34.9. The number of ether oxygens (including phenoxy) is 1. The number of morpholine rings is 1. The molecular weight excluding hydrogens is 344 g/mol. The van der Waals surface area contributed by atoms with Crippen LogP contribution in [0.1, 0.15) is 72.3 Å². The molecule has 1 aromatic rings. The molecule has 0 aliphatic carbocycles. The number of fused-ring (bicyclic) bond motifs is 1. The van der Waals surface area contributed by atoms with Crippen LogP contribution in [0, 0.1) is 0 Å². The SMILES string of the molecule is CCC1CCCCN1C(=O)c1nc(C(=O)N2CCOCC2)c2n1CCCC2. The maximum absolute atomic E-state index is 13.4. The zero-order valence-corrected chi connectivity index (χ0v) is 16.3. The third-order valence-electron chi connectivity index (χ3n) is 6.17. The summed E-state index contributed by atoms with van der Waals surface area (Å²) in [5.41, 5.74) is 1.44. The van der Waals surface area contributed by atoms with Crippen molar-refractivity contribution in [1.29, 1.82) is 0 Å². The molecule has 0 N–H and O–H groups in total. The molecular formula is C20H30N4O3. The van der Waals surface area contributed by atoms with Crippen LogP contribution in [0.4, 0.5) is 0 Å². The van der Waals surface area contributed by atoms with Crippen molar-refractivity contribution in [3.05, 3.63) is 17.2 Å². The molecule has 0 aromatic carbocycles. The first-order valence-electron chi connectivity index (χ1n) is 10.5. The molecule has 3 aliphatic rings. The van der Waals surface area contributed by atoms with Crippen molar-refractivity contribution in [3.8, 4) is 0 Å². The quantitative estimate of drug-likeness (QED) is 0.813. The number of imidazole rings is 1. The maximum Gasteiger partial charge on any atom is 0.290 e. The Morgan fingerprint density at radius 1 is 1.04 bits per heavy atom. The van der Waals surface area contributed by atoms with Crippen molar-refractivity contribution >= 4 is 11.8 Å². The molecule has 0 radical (unpaired) electrons. The van der Waals surface area contributed by atoms with Gasteiger partial charge in [-0.2, -0.15) is 0 Å². The molecule has 4 heterocycles. The second kappa shape index (κ2) is 8.00. The van der Waals surface area contributed by atoms with Crippen molar-refractivity contribution < 1.29 is 14.3 Å². The van der Waals surface area contributed by atoms with E-state index in [1.807, 2.05) is 14.4 Å². The van der Waals surface area contributed by atoms with Crippen molar-refractivity contribution in [2.24, 2.45) is 0 Å². The predicted molar refractivity (Wildman–Crippen MR) is 101 cm³/mol. The number of likely N-dealkylation sites (tertiary alicyclic amines) is 1. The Balaban J connectivity index is 1.65. The van der Waals surface area contributed by atoms with Gasteiger partial charge in [-0.05, 0) is 44.9 Å². The lowest BCUT2D eigenvalue weighted by molar-refractivity contribution is 0.0298. The minimum atomic E-state index is -0.0475. The van der Waals surface area contributed by atoms with Gasteiger partial charge in [0.1, 0.15) is 5.69 Å². The molecule has 1 atom stereocenters. The average molecular weight is 374 g/mol. The van der Waals surface area contributed by atoms with Crippen LogP contribution in [0.5, 0.6) is 0 Å².